The Labute approximate surface area is 157 Å². The molecule has 1 N–H and O–H groups in total. The monoisotopic (exact) mass is 377 g/mol. The number of nitrogens with zero attached hydrogens (tertiary/aromatic N) is 4. The van der Waals surface area contributed by atoms with Gasteiger partial charge in [-0.1, -0.05) is 13.3 Å². The van der Waals surface area contributed by atoms with E-state index >= 15 is 0 Å². The van der Waals surface area contributed by atoms with Crippen LogP contribution in [0.5, 0.6) is 0 Å². The van der Waals surface area contributed by atoms with E-state index in [-0.39, 0.29) is 18.1 Å². The van der Waals surface area contributed by atoms with Gasteiger partial charge in [0.25, 0.3) is 0 Å². The Balaban J connectivity index is 1.60. The number of aromatic nitrogens is 4. The molecule has 0 unspecified atom stereocenters. The van der Waals surface area contributed by atoms with Gasteiger partial charge in [0.05, 0.1) is 12.2 Å². The molecule has 0 aromatic carbocycles. The highest BCUT2D eigenvalue weighted by Gasteiger charge is 2.17. The molecule has 1 aliphatic carbocycles. The van der Waals surface area contributed by atoms with Crippen LogP contribution in [0.3, 0.4) is 0 Å². The largest absolute Gasteiger partial charge is 0.348 e. The Bertz CT molecular complexity index is 797. The molecule has 7 nitrogen and oxygen atoms in total. The summed E-state index contributed by atoms with van der Waals surface area (Å²) in [7, 11) is 0. The van der Waals surface area contributed by atoms with Crippen molar-refractivity contribution in [3.05, 3.63) is 31.9 Å². The Morgan fingerprint density at radius 1 is 1.27 bits per heavy atom. The molecule has 2 aromatic rings. The summed E-state index contributed by atoms with van der Waals surface area (Å²) in [5, 5.41) is 8.18. The highest BCUT2D eigenvalue weighted by atomic mass is 32.1. The molecule has 0 fully saturated rings. The van der Waals surface area contributed by atoms with Crippen LogP contribution in [0.2, 0.25) is 0 Å². The molecule has 26 heavy (non-hydrogen) atoms. The summed E-state index contributed by atoms with van der Waals surface area (Å²) in [5.74, 6) is 0.558. The second-order valence-corrected chi connectivity index (χ2v) is 7.83. The third-order valence-corrected chi connectivity index (χ3v) is 5.85. The summed E-state index contributed by atoms with van der Waals surface area (Å²) in [5.41, 5.74) is 0.988. The van der Waals surface area contributed by atoms with Gasteiger partial charge in [-0.25, -0.2) is 14.5 Å². The number of carbonyl (C=O) groups excluding carboxylic acids is 1. The molecule has 2 heterocycles. The topological polar surface area (TPSA) is 81.8 Å². The summed E-state index contributed by atoms with van der Waals surface area (Å²) >= 11 is 1.69. The number of unbranched alkanes of at least 4 members (excludes halogenated alkanes) is 1. The van der Waals surface area contributed by atoms with Gasteiger partial charge >= 0.3 is 5.69 Å². The summed E-state index contributed by atoms with van der Waals surface area (Å²) in [6, 6.07) is 0. The van der Waals surface area contributed by atoms with E-state index in [0.717, 1.165) is 42.9 Å². The molecule has 0 saturated carbocycles. The minimum absolute atomic E-state index is 0.0456. The minimum Gasteiger partial charge on any atom is -0.348 e. The molecule has 0 saturated heterocycles. The molecular weight excluding hydrogens is 350 g/mol. The number of hydrogen-bond acceptors (Lipinski definition) is 5. The minimum atomic E-state index is -0.210. The molecule has 0 atom stereocenters. The van der Waals surface area contributed by atoms with Crippen LogP contribution < -0.4 is 11.0 Å². The Morgan fingerprint density at radius 3 is 2.81 bits per heavy atom. The zero-order chi connectivity index (χ0) is 18.5. The van der Waals surface area contributed by atoms with E-state index in [1.807, 2.05) is 6.92 Å². The molecule has 0 bridgehead atoms. The molecule has 3 rings (SSSR count). The smallest absolute Gasteiger partial charge is 0.346 e. The molecule has 1 amide bonds. The number of nitrogens with one attached hydrogen (secondary N) is 1. The molecular formula is C18H27N5O2S. The lowest BCUT2D eigenvalue weighted by molar-refractivity contribution is -0.122. The van der Waals surface area contributed by atoms with Gasteiger partial charge in [-0.3, -0.25) is 9.36 Å². The SMILES string of the molecule is CCCCc1nn(CC(=O)NCc2nc3c(s2)CCCC3)c(=O)n1CC. The number of thiazole rings is 1. The van der Waals surface area contributed by atoms with E-state index in [1.165, 1.54) is 28.1 Å². The van der Waals surface area contributed by atoms with E-state index < -0.39 is 0 Å². The Hall–Kier alpha value is -1.96. The van der Waals surface area contributed by atoms with Gasteiger partial charge in [0.2, 0.25) is 5.91 Å². The molecule has 142 valence electrons. The lowest BCUT2D eigenvalue weighted by atomic mass is 10.0. The van der Waals surface area contributed by atoms with Crippen molar-refractivity contribution < 1.29 is 4.79 Å². The van der Waals surface area contributed by atoms with Crippen molar-refractivity contribution in [2.45, 2.75) is 78.4 Å². The van der Waals surface area contributed by atoms with Crippen molar-refractivity contribution in [1.29, 1.82) is 0 Å². The van der Waals surface area contributed by atoms with Gasteiger partial charge in [0.15, 0.2) is 0 Å². The first-order valence-corrected chi connectivity index (χ1v) is 10.3. The number of hydrogen-bond donors (Lipinski definition) is 1. The van der Waals surface area contributed by atoms with Gasteiger partial charge in [-0.05, 0) is 39.0 Å². The van der Waals surface area contributed by atoms with Gasteiger partial charge in [0, 0.05) is 17.8 Å². The fourth-order valence-corrected chi connectivity index (χ4v) is 4.37. The third kappa shape index (κ3) is 4.23. The van der Waals surface area contributed by atoms with E-state index in [9.17, 15) is 9.59 Å². The van der Waals surface area contributed by atoms with E-state index in [4.69, 9.17) is 0 Å². The van der Waals surface area contributed by atoms with E-state index in [0.29, 0.717) is 13.1 Å². The highest BCUT2D eigenvalue weighted by Crippen LogP contribution is 2.26. The second-order valence-electron chi connectivity index (χ2n) is 6.67. The number of fused-ring (bicyclic) bond motifs is 1. The number of aryl methyl sites for hydroxylation is 3. The van der Waals surface area contributed by atoms with Crippen LogP contribution >= 0.6 is 11.3 Å². The van der Waals surface area contributed by atoms with Crippen molar-refractivity contribution in [2.24, 2.45) is 0 Å². The van der Waals surface area contributed by atoms with Gasteiger partial charge in [-0.2, -0.15) is 5.10 Å². The van der Waals surface area contributed by atoms with E-state index in [1.54, 1.807) is 15.9 Å². The fraction of sp³-hybridized carbons (Fsp3) is 0.667. The quantitative estimate of drug-likeness (QED) is 0.763. The lowest BCUT2D eigenvalue weighted by Crippen LogP contribution is -2.33. The maximum absolute atomic E-state index is 12.4. The van der Waals surface area contributed by atoms with Crippen molar-refractivity contribution in [3.8, 4) is 0 Å². The van der Waals surface area contributed by atoms with Crippen LogP contribution in [0.4, 0.5) is 0 Å². The predicted molar refractivity (Wildman–Crippen MR) is 101 cm³/mol. The average molecular weight is 378 g/mol. The lowest BCUT2D eigenvalue weighted by Gasteiger charge is -2.06. The molecule has 0 aliphatic heterocycles. The predicted octanol–water partition coefficient (Wildman–Crippen LogP) is 2.06. The first-order valence-electron chi connectivity index (χ1n) is 9.53. The Kier molecular flexibility index (Phi) is 6.24. The zero-order valence-corrected chi connectivity index (χ0v) is 16.4. The Morgan fingerprint density at radius 2 is 2.08 bits per heavy atom. The zero-order valence-electron chi connectivity index (χ0n) is 15.6. The number of rotatable bonds is 8. The molecule has 0 radical (unpaired) electrons. The standard InChI is InChI=1S/C18H27N5O2S/c1-3-5-10-15-21-23(18(25)22(15)4-2)12-16(24)19-11-17-20-13-8-6-7-9-14(13)26-17/h3-12H2,1-2H3,(H,19,24). The number of amides is 1. The van der Waals surface area contributed by atoms with Gasteiger partial charge in [0.1, 0.15) is 17.4 Å². The van der Waals surface area contributed by atoms with Crippen LogP contribution in [0, 0.1) is 0 Å². The van der Waals surface area contributed by atoms with Crippen LogP contribution in [0.15, 0.2) is 4.79 Å². The fourth-order valence-electron chi connectivity index (χ4n) is 3.27. The molecule has 0 spiro atoms. The summed E-state index contributed by atoms with van der Waals surface area (Å²) < 4.78 is 2.93. The van der Waals surface area contributed by atoms with Crippen LogP contribution in [0.1, 0.15) is 60.9 Å². The summed E-state index contributed by atoms with van der Waals surface area (Å²) in [4.78, 5) is 30.6. The van der Waals surface area contributed by atoms with Crippen molar-refractivity contribution in [2.75, 3.05) is 0 Å². The van der Waals surface area contributed by atoms with Crippen molar-refractivity contribution in [1.82, 2.24) is 24.6 Å². The average Bonchev–Trinajstić information content (AvgIpc) is 3.19. The maximum atomic E-state index is 12.4. The highest BCUT2D eigenvalue weighted by molar-refractivity contribution is 7.11. The number of carbonyl (C=O) groups is 1. The third-order valence-electron chi connectivity index (χ3n) is 4.69. The van der Waals surface area contributed by atoms with Crippen LogP contribution in [-0.4, -0.2) is 25.2 Å². The second kappa shape index (κ2) is 8.62. The van der Waals surface area contributed by atoms with E-state index in [2.05, 4.69) is 22.3 Å². The van der Waals surface area contributed by atoms with Crippen LogP contribution in [-0.2, 0) is 43.7 Å². The molecule has 2 aromatic heterocycles. The van der Waals surface area contributed by atoms with Crippen molar-refractivity contribution >= 4 is 17.2 Å². The first-order chi connectivity index (χ1) is 12.6. The van der Waals surface area contributed by atoms with Crippen LogP contribution in [0.25, 0.3) is 0 Å². The van der Waals surface area contributed by atoms with Crippen molar-refractivity contribution in [3.63, 3.8) is 0 Å². The summed E-state index contributed by atoms with van der Waals surface area (Å²) in [6.07, 6.45) is 7.37. The maximum Gasteiger partial charge on any atom is 0.346 e. The van der Waals surface area contributed by atoms with Gasteiger partial charge in [-0.15, -0.1) is 11.3 Å². The molecule has 8 heteroatoms. The first kappa shape index (κ1) is 18.8. The van der Waals surface area contributed by atoms with Gasteiger partial charge < -0.3 is 5.32 Å². The normalized spacial score (nSPS) is 13.6. The summed E-state index contributed by atoms with van der Waals surface area (Å²) in [6.45, 7) is 4.98. The molecule has 1 aliphatic rings.